The van der Waals surface area contributed by atoms with E-state index < -0.39 is 10.0 Å². The first kappa shape index (κ1) is 14.9. The SMILES string of the molecule is Cc1ccc(S(=O)(=O)N(CCO)C(C)C)cc1N. The molecule has 6 heteroatoms. The Kier molecular flexibility index (Phi) is 4.72. The maximum absolute atomic E-state index is 12.4. The molecule has 0 radical (unpaired) electrons. The highest BCUT2D eigenvalue weighted by Gasteiger charge is 2.26. The zero-order valence-corrected chi connectivity index (χ0v) is 11.7. The van der Waals surface area contributed by atoms with Crippen LogP contribution in [0.3, 0.4) is 0 Å². The van der Waals surface area contributed by atoms with E-state index in [0.29, 0.717) is 5.69 Å². The average molecular weight is 272 g/mol. The number of nitrogens with two attached hydrogens (primary N) is 1. The zero-order valence-electron chi connectivity index (χ0n) is 10.9. The Morgan fingerprint density at radius 3 is 2.44 bits per heavy atom. The first-order valence-electron chi connectivity index (χ1n) is 5.79. The molecule has 1 aromatic carbocycles. The van der Waals surface area contributed by atoms with E-state index in [1.54, 1.807) is 19.9 Å². The lowest BCUT2D eigenvalue weighted by molar-refractivity contribution is 0.236. The van der Waals surface area contributed by atoms with Crippen molar-refractivity contribution in [3.05, 3.63) is 23.8 Å². The van der Waals surface area contributed by atoms with Gasteiger partial charge in [-0.25, -0.2) is 8.42 Å². The summed E-state index contributed by atoms with van der Waals surface area (Å²) in [5, 5.41) is 8.96. The molecule has 0 fully saturated rings. The fraction of sp³-hybridized carbons (Fsp3) is 0.500. The monoisotopic (exact) mass is 272 g/mol. The van der Waals surface area contributed by atoms with Crippen molar-refractivity contribution < 1.29 is 13.5 Å². The van der Waals surface area contributed by atoms with Crippen LogP contribution in [0.4, 0.5) is 5.69 Å². The number of aliphatic hydroxyl groups excluding tert-OH is 1. The molecule has 0 unspecified atom stereocenters. The summed E-state index contributed by atoms with van der Waals surface area (Å²) in [5.74, 6) is 0. The number of aryl methyl sites for hydroxylation is 1. The highest BCUT2D eigenvalue weighted by molar-refractivity contribution is 7.89. The molecule has 0 atom stereocenters. The van der Waals surface area contributed by atoms with Gasteiger partial charge in [0, 0.05) is 18.3 Å². The van der Waals surface area contributed by atoms with E-state index in [1.165, 1.54) is 16.4 Å². The molecule has 0 saturated carbocycles. The third kappa shape index (κ3) is 3.01. The quantitative estimate of drug-likeness (QED) is 0.782. The van der Waals surface area contributed by atoms with Crippen molar-refractivity contribution >= 4 is 15.7 Å². The van der Waals surface area contributed by atoms with Crippen LogP contribution in [-0.2, 0) is 10.0 Å². The van der Waals surface area contributed by atoms with Crippen molar-refractivity contribution in [1.82, 2.24) is 4.31 Å². The molecule has 0 aliphatic heterocycles. The van der Waals surface area contributed by atoms with Gasteiger partial charge in [0.15, 0.2) is 0 Å². The van der Waals surface area contributed by atoms with Crippen LogP contribution in [0.2, 0.25) is 0 Å². The summed E-state index contributed by atoms with van der Waals surface area (Å²) in [4.78, 5) is 0.160. The van der Waals surface area contributed by atoms with E-state index in [2.05, 4.69) is 0 Å². The Labute approximate surface area is 108 Å². The molecule has 1 rings (SSSR count). The maximum atomic E-state index is 12.4. The minimum absolute atomic E-state index is 0.0772. The summed E-state index contributed by atoms with van der Waals surface area (Å²) in [6.07, 6.45) is 0. The topological polar surface area (TPSA) is 83.6 Å². The summed E-state index contributed by atoms with van der Waals surface area (Å²) in [5.41, 5.74) is 7.02. The summed E-state index contributed by atoms with van der Waals surface area (Å²) in [6.45, 7) is 5.22. The van der Waals surface area contributed by atoms with E-state index in [9.17, 15) is 8.42 Å². The highest BCUT2D eigenvalue weighted by Crippen LogP contribution is 2.22. The number of anilines is 1. The number of rotatable bonds is 5. The summed E-state index contributed by atoms with van der Waals surface area (Å²) in [6, 6.07) is 4.45. The fourth-order valence-corrected chi connectivity index (χ4v) is 3.33. The molecule has 0 amide bonds. The molecule has 1 aromatic rings. The third-order valence-corrected chi connectivity index (χ3v) is 4.82. The van der Waals surface area contributed by atoms with E-state index in [-0.39, 0.29) is 24.1 Å². The summed E-state index contributed by atoms with van der Waals surface area (Å²) >= 11 is 0. The first-order chi connectivity index (χ1) is 8.30. The highest BCUT2D eigenvalue weighted by atomic mass is 32.2. The normalized spacial score (nSPS) is 12.3. The van der Waals surface area contributed by atoms with Crippen molar-refractivity contribution in [3.63, 3.8) is 0 Å². The van der Waals surface area contributed by atoms with Gasteiger partial charge in [-0.1, -0.05) is 6.07 Å². The number of nitrogen functional groups attached to an aromatic ring is 1. The van der Waals surface area contributed by atoms with Crippen LogP contribution in [0.25, 0.3) is 0 Å². The molecule has 0 saturated heterocycles. The minimum Gasteiger partial charge on any atom is -0.398 e. The van der Waals surface area contributed by atoms with Gasteiger partial charge >= 0.3 is 0 Å². The second-order valence-electron chi connectivity index (χ2n) is 4.45. The first-order valence-corrected chi connectivity index (χ1v) is 7.23. The van der Waals surface area contributed by atoms with Crippen LogP contribution in [0.1, 0.15) is 19.4 Å². The van der Waals surface area contributed by atoms with Crippen LogP contribution in [0, 0.1) is 6.92 Å². The van der Waals surface area contributed by atoms with Crippen molar-refractivity contribution in [3.8, 4) is 0 Å². The van der Waals surface area contributed by atoms with Gasteiger partial charge < -0.3 is 10.8 Å². The Morgan fingerprint density at radius 1 is 1.39 bits per heavy atom. The van der Waals surface area contributed by atoms with Gasteiger partial charge in [-0.3, -0.25) is 0 Å². The molecular formula is C12H20N2O3S. The van der Waals surface area contributed by atoms with E-state index in [4.69, 9.17) is 10.8 Å². The van der Waals surface area contributed by atoms with Crippen molar-refractivity contribution in [2.45, 2.75) is 31.7 Å². The predicted octanol–water partition coefficient (Wildman–Crippen LogP) is 0.969. The van der Waals surface area contributed by atoms with Crippen molar-refractivity contribution in [2.75, 3.05) is 18.9 Å². The molecule has 102 valence electrons. The van der Waals surface area contributed by atoms with Gasteiger partial charge in [0.1, 0.15) is 0 Å². The van der Waals surface area contributed by atoms with Crippen LogP contribution >= 0.6 is 0 Å². The Bertz CT molecular complexity index is 512. The van der Waals surface area contributed by atoms with Crippen LogP contribution in [0.5, 0.6) is 0 Å². The van der Waals surface area contributed by atoms with Gasteiger partial charge in [-0.15, -0.1) is 0 Å². The largest absolute Gasteiger partial charge is 0.398 e. The van der Waals surface area contributed by atoms with Gasteiger partial charge in [-0.2, -0.15) is 4.31 Å². The Hall–Kier alpha value is -1.11. The smallest absolute Gasteiger partial charge is 0.243 e. The molecule has 0 heterocycles. The van der Waals surface area contributed by atoms with Gasteiger partial charge in [0.2, 0.25) is 10.0 Å². The average Bonchev–Trinajstić information content (AvgIpc) is 2.28. The third-order valence-electron chi connectivity index (χ3n) is 2.75. The summed E-state index contributed by atoms with van der Waals surface area (Å²) in [7, 11) is -3.61. The lowest BCUT2D eigenvalue weighted by Gasteiger charge is -2.25. The number of sulfonamides is 1. The Balaban J connectivity index is 3.22. The van der Waals surface area contributed by atoms with Crippen molar-refractivity contribution in [2.24, 2.45) is 0 Å². The van der Waals surface area contributed by atoms with Crippen LogP contribution in [0.15, 0.2) is 23.1 Å². The number of nitrogens with zero attached hydrogens (tertiary/aromatic N) is 1. The summed E-state index contributed by atoms with van der Waals surface area (Å²) < 4.78 is 26.0. The zero-order chi connectivity index (χ0) is 13.9. The maximum Gasteiger partial charge on any atom is 0.243 e. The molecule has 0 bridgehead atoms. The van der Waals surface area contributed by atoms with Crippen LogP contribution < -0.4 is 5.73 Å². The van der Waals surface area contributed by atoms with E-state index in [0.717, 1.165) is 5.56 Å². The van der Waals surface area contributed by atoms with Gasteiger partial charge in [0.25, 0.3) is 0 Å². The molecule has 0 aromatic heterocycles. The van der Waals surface area contributed by atoms with Gasteiger partial charge in [0.05, 0.1) is 11.5 Å². The second-order valence-corrected chi connectivity index (χ2v) is 6.34. The number of hydrogen-bond acceptors (Lipinski definition) is 4. The van der Waals surface area contributed by atoms with Crippen molar-refractivity contribution in [1.29, 1.82) is 0 Å². The Morgan fingerprint density at radius 2 is 2.00 bits per heavy atom. The number of hydrogen-bond donors (Lipinski definition) is 2. The number of benzene rings is 1. The molecule has 0 spiro atoms. The lowest BCUT2D eigenvalue weighted by Crippen LogP contribution is -2.38. The molecule has 18 heavy (non-hydrogen) atoms. The molecule has 3 N–H and O–H groups in total. The standard InChI is InChI=1S/C12H20N2O3S/c1-9(2)14(6-7-15)18(16,17)11-5-4-10(3)12(13)8-11/h4-5,8-9,15H,6-7,13H2,1-3H3. The number of aliphatic hydroxyl groups is 1. The molecule has 0 aliphatic carbocycles. The van der Waals surface area contributed by atoms with E-state index in [1.807, 2.05) is 6.92 Å². The lowest BCUT2D eigenvalue weighted by atomic mass is 10.2. The minimum atomic E-state index is -3.61. The van der Waals surface area contributed by atoms with Gasteiger partial charge in [-0.05, 0) is 38.5 Å². The molecule has 0 aliphatic rings. The second kappa shape index (κ2) is 5.69. The van der Waals surface area contributed by atoms with E-state index >= 15 is 0 Å². The predicted molar refractivity (Wildman–Crippen MR) is 71.7 cm³/mol. The fourth-order valence-electron chi connectivity index (χ4n) is 1.67. The van der Waals surface area contributed by atoms with Crippen LogP contribution in [-0.4, -0.2) is 37.0 Å². The molecular weight excluding hydrogens is 252 g/mol. The molecule has 5 nitrogen and oxygen atoms in total.